The SMILES string of the molecule is CSc1cccc(N(C)C2CCN(C)CC2)c1C(N)=S. The van der Waals surface area contributed by atoms with Crippen LogP contribution in [0, 0.1) is 0 Å². The minimum atomic E-state index is 0.490. The number of rotatable bonds is 4. The number of nitrogens with two attached hydrogens (primary N) is 1. The first-order valence-corrected chi connectivity index (χ1v) is 8.56. The quantitative estimate of drug-likeness (QED) is 0.683. The first-order chi connectivity index (χ1) is 9.54. The smallest absolute Gasteiger partial charge is 0.107 e. The highest BCUT2D eigenvalue weighted by molar-refractivity contribution is 7.98. The van der Waals surface area contributed by atoms with E-state index in [2.05, 4.69) is 48.4 Å². The lowest BCUT2D eigenvalue weighted by atomic mass is 10.0. The molecular formula is C15H23N3S2. The molecule has 0 atom stereocenters. The van der Waals surface area contributed by atoms with Crippen LogP contribution in [0.4, 0.5) is 5.69 Å². The van der Waals surface area contributed by atoms with Gasteiger partial charge in [0.05, 0.1) is 0 Å². The molecule has 2 N–H and O–H groups in total. The number of likely N-dealkylation sites (tertiary alicyclic amines) is 1. The van der Waals surface area contributed by atoms with Gasteiger partial charge in [-0.15, -0.1) is 11.8 Å². The Morgan fingerprint density at radius 2 is 2.05 bits per heavy atom. The van der Waals surface area contributed by atoms with Gasteiger partial charge >= 0.3 is 0 Å². The van der Waals surface area contributed by atoms with E-state index in [1.165, 1.54) is 18.5 Å². The lowest BCUT2D eigenvalue weighted by molar-refractivity contribution is 0.253. The third kappa shape index (κ3) is 3.27. The number of nitrogens with zero attached hydrogens (tertiary/aromatic N) is 2. The molecule has 0 aromatic heterocycles. The van der Waals surface area contributed by atoms with Gasteiger partial charge in [-0.3, -0.25) is 0 Å². The summed E-state index contributed by atoms with van der Waals surface area (Å²) >= 11 is 6.97. The van der Waals surface area contributed by atoms with E-state index in [0.717, 1.165) is 23.5 Å². The molecule has 1 heterocycles. The fourth-order valence-corrected chi connectivity index (χ4v) is 3.72. The molecule has 1 aromatic carbocycles. The molecule has 1 aliphatic heterocycles. The van der Waals surface area contributed by atoms with Crippen molar-refractivity contribution in [2.24, 2.45) is 5.73 Å². The maximum absolute atomic E-state index is 5.96. The van der Waals surface area contributed by atoms with Gasteiger partial charge in [0.25, 0.3) is 0 Å². The number of hydrogen-bond donors (Lipinski definition) is 1. The average molecular weight is 310 g/mol. The van der Waals surface area contributed by atoms with Crippen molar-refractivity contribution in [3.8, 4) is 0 Å². The van der Waals surface area contributed by atoms with Crippen molar-refractivity contribution in [2.45, 2.75) is 23.8 Å². The molecule has 20 heavy (non-hydrogen) atoms. The summed E-state index contributed by atoms with van der Waals surface area (Å²) in [5, 5.41) is 0. The Hall–Kier alpha value is -0.780. The second-order valence-corrected chi connectivity index (χ2v) is 6.65. The molecule has 0 bridgehead atoms. The van der Waals surface area contributed by atoms with Gasteiger partial charge in [-0.25, -0.2) is 0 Å². The summed E-state index contributed by atoms with van der Waals surface area (Å²) in [5.41, 5.74) is 8.15. The molecule has 5 heteroatoms. The summed E-state index contributed by atoms with van der Waals surface area (Å²) in [6.45, 7) is 2.30. The second kappa shape index (κ2) is 6.78. The van der Waals surface area contributed by atoms with Gasteiger partial charge in [-0.1, -0.05) is 18.3 Å². The van der Waals surface area contributed by atoms with Crippen LogP contribution < -0.4 is 10.6 Å². The summed E-state index contributed by atoms with van der Waals surface area (Å²) in [7, 11) is 4.35. The molecule has 0 aliphatic carbocycles. The second-order valence-electron chi connectivity index (χ2n) is 5.36. The molecule has 110 valence electrons. The van der Waals surface area contributed by atoms with Crippen LogP contribution in [-0.2, 0) is 0 Å². The molecule has 1 aliphatic rings. The highest BCUT2D eigenvalue weighted by atomic mass is 32.2. The minimum absolute atomic E-state index is 0.490. The third-order valence-electron chi connectivity index (χ3n) is 4.09. The molecule has 2 rings (SSSR count). The lowest BCUT2D eigenvalue weighted by Crippen LogP contribution is -2.42. The van der Waals surface area contributed by atoms with Crippen molar-refractivity contribution in [1.29, 1.82) is 0 Å². The number of thiocarbonyl (C=S) groups is 1. The van der Waals surface area contributed by atoms with Crippen LogP contribution in [0.5, 0.6) is 0 Å². The highest BCUT2D eigenvalue weighted by Gasteiger charge is 2.23. The number of thioether (sulfide) groups is 1. The van der Waals surface area contributed by atoms with E-state index in [0.29, 0.717) is 11.0 Å². The molecule has 0 unspecified atom stereocenters. The van der Waals surface area contributed by atoms with Gasteiger partial charge in [0.2, 0.25) is 0 Å². The van der Waals surface area contributed by atoms with Gasteiger partial charge in [0.1, 0.15) is 4.99 Å². The zero-order valence-corrected chi connectivity index (χ0v) is 14.1. The molecule has 0 saturated carbocycles. The van der Waals surface area contributed by atoms with E-state index in [-0.39, 0.29) is 0 Å². The van der Waals surface area contributed by atoms with Crippen molar-refractivity contribution in [3.63, 3.8) is 0 Å². The van der Waals surface area contributed by atoms with Crippen molar-refractivity contribution < 1.29 is 0 Å². The Kier molecular flexibility index (Phi) is 5.29. The Bertz CT molecular complexity index is 482. The topological polar surface area (TPSA) is 32.5 Å². The Balaban J connectivity index is 2.29. The summed E-state index contributed by atoms with van der Waals surface area (Å²) in [6.07, 6.45) is 4.44. The van der Waals surface area contributed by atoms with E-state index in [4.69, 9.17) is 18.0 Å². The number of hydrogen-bond acceptors (Lipinski definition) is 4. The van der Waals surface area contributed by atoms with E-state index >= 15 is 0 Å². The molecule has 0 spiro atoms. The summed E-state index contributed by atoms with van der Waals surface area (Å²) in [6, 6.07) is 6.88. The summed E-state index contributed by atoms with van der Waals surface area (Å²) in [4.78, 5) is 6.40. The fourth-order valence-electron chi connectivity index (χ4n) is 2.81. The third-order valence-corrected chi connectivity index (χ3v) is 5.07. The number of anilines is 1. The fraction of sp³-hybridized carbons (Fsp3) is 0.533. The van der Waals surface area contributed by atoms with Crippen molar-refractivity contribution in [2.75, 3.05) is 38.3 Å². The average Bonchev–Trinajstić information content (AvgIpc) is 2.46. The van der Waals surface area contributed by atoms with Crippen LogP contribution in [0.1, 0.15) is 18.4 Å². The Labute approximate surface area is 131 Å². The molecule has 1 aromatic rings. The number of piperidine rings is 1. The van der Waals surface area contributed by atoms with Crippen LogP contribution in [-0.4, -0.2) is 49.4 Å². The van der Waals surface area contributed by atoms with E-state index in [1.54, 1.807) is 11.8 Å². The zero-order chi connectivity index (χ0) is 14.7. The van der Waals surface area contributed by atoms with Crippen LogP contribution in [0.15, 0.2) is 23.1 Å². The van der Waals surface area contributed by atoms with Gasteiger partial charge in [0, 0.05) is 29.2 Å². The maximum Gasteiger partial charge on any atom is 0.107 e. The van der Waals surface area contributed by atoms with Gasteiger partial charge in [-0.2, -0.15) is 0 Å². The Morgan fingerprint density at radius 1 is 1.40 bits per heavy atom. The summed E-state index contributed by atoms with van der Waals surface area (Å²) in [5.74, 6) is 0. The first kappa shape index (κ1) is 15.6. The highest BCUT2D eigenvalue weighted by Crippen LogP contribution is 2.31. The van der Waals surface area contributed by atoms with Gasteiger partial charge < -0.3 is 15.5 Å². The zero-order valence-electron chi connectivity index (χ0n) is 12.4. The van der Waals surface area contributed by atoms with Crippen LogP contribution in [0.25, 0.3) is 0 Å². The predicted molar refractivity (Wildman–Crippen MR) is 93.0 cm³/mol. The van der Waals surface area contributed by atoms with Gasteiger partial charge in [0.15, 0.2) is 0 Å². The number of benzene rings is 1. The molecule has 0 radical (unpaired) electrons. The Morgan fingerprint density at radius 3 is 2.60 bits per heavy atom. The standard InChI is InChI=1S/C15H23N3S2/c1-17-9-7-11(8-10-17)18(2)12-5-4-6-13(20-3)14(12)15(16)19/h4-6,11H,7-10H2,1-3H3,(H2,16,19). The lowest BCUT2D eigenvalue weighted by Gasteiger charge is -2.37. The largest absolute Gasteiger partial charge is 0.389 e. The molecule has 1 fully saturated rings. The predicted octanol–water partition coefficient (Wildman–Crippen LogP) is 2.57. The normalized spacial score (nSPS) is 17.1. The first-order valence-electron chi connectivity index (χ1n) is 6.92. The van der Waals surface area contributed by atoms with E-state index in [1.807, 2.05) is 0 Å². The van der Waals surface area contributed by atoms with Crippen molar-refractivity contribution in [1.82, 2.24) is 4.90 Å². The molecular weight excluding hydrogens is 286 g/mol. The van der Waals surface area contributed by atoms with Crippen LogP contribution in [0.3, 0.4) is 0 Å². The molecule has 0 amide bonds. The van der Waals surface area contributed by atoms with Crippen molar-refractivity contribution in [3.05, 3.63) is 23.8 Å². The van der Waals surface area contributed by atoms with Gasteiger partial charge in [-0.05, 0) is 51.4 Å². The summed E-state index contributed by atoms with van der Waals surface area (Å²) < 4.78 is 0. The van der Waals surface area contributed by atoms with E-state index < -0.39 is 0 Å². The van der Waals surface area contributed by atoms with Crippen molar-refractivity contribution >= 4 is 34.7 Å². The molecule has 3 nitrogen and oxygen atoms in total. The van der Waals surface area contributed by atoms with Crippen LogP contribution in [0.2, 0.25) is 0 Å². The maximum atomic E-state index is 5.96. The van der Waals surface area contributed by atoms with E-state index in [9.17, 15) is 0 Å². The minimum Gasteiger partial charge on any atom is -0.389 e. The van der Waals surface area contributed by atoms with Crippen LogP contribution >= 0.6 is 24.0 Å². The monoisotopic (exact) mass is 309 g/mol. The molecule has 1 saturated heterocycles.